The predicted octanol–water partition coefficient (Wildman–Crippen LogP) is 7.05. The van der Waals surface area contributed by atoms with Gasteiger partial charge in [-0.05, 0) is 31.0 Å². The first-order valence-corrected chi connectivity index (χ1v) is 11.0. The molecule has 182 valence electrons. The number of hydrogen-bond acceptors (Lipinski definition) is 5. The van der Waals surface area contributed by atoms with E-state index in [4.69, 9.17) is 21.1 Å². The first kappa shape index (κ1) is 25.9. The third-order valence-corrected chi connectivity index (χ3v) is 5.64. The molecule has 0 bridgehead atoms. The van der Waals surface area contributed by atoms with Gasteiger partial charge in [-0.25, -0.2) is 13.6 Å². The first-order valence-electron chi connectivity index (χ1n) is 10.7. The van der Waals surface area contributed by atoms with Crippen molar-refractivity contribution in [3.8, 4) is 17.6 Å². The van der Waals surface area contributed by atoms with Crippen molar-refractivity contribution in [1.29, 1.82) is 5.26 Å². The zero-order valence-corrected chi connectivity index (χ0v) is 19.9. The molecule has 1 unspecified atom stereocenters. The van der Waals surface area contributed by atoms with Gasteiger partial charge in [0.15, 0.2) is 6.04 Å². The molecule has 3 rings (SSSR count). The minimum Gasteiger partial charge on any atom is -0.459 e. The van der Waals surface area contributed by atoms with Crippen molar-refractivity contribution in [1.82, 2.24) is 0 Å². The predicted molar refractivity (Wildman–Crippen MR) is 126 cm³/mol. The Morgan fingerprint density at radius 1 is 1.14 bits per heavy atom. The number of para-hydroxylation sites is 1. The Morgan fingerprint density at radius 2 is 1.83 bits per heavy atom. The molecule has 1 atom stereocenters. The van der Waals surface area contributed by atoms with Crippen LogP contribution in [0.15, 0.2) is 54.6 Å². The number of halogens is 4. The summed E-state index contributed by atoms with van der Waals surface area (Å²) >= 11 is 5.89. The lowest BCUT2D eigenvalue weighted by Gasteiger charge is -2.27. The maximum absolute atomic E-state index is 15.3. The van der Waals surface area contributed by atoms with Crippen LogP contribution in [0.2, 0.25) is 5.02 Å². The van der Waals surface area contributed by atoms with Crippen molar-refractivity contribution < 1.29 is 27.5 Å². The number of hydrogen-bond donors (Lipinski definition) is 0. The highest BCUT2D eigenvalue weighted by molar-refractivity contribution is 6.33. The highest BCUT2D eigenvalue weighted by Crippen LogP contribution is 2.35. The fourth-order valence-corrected chi connectivity index (χ4v) is 3.64. The van der Waals surface area contributed by atoms with Crippen molar-refractivity contribution in [2.24, 2.45) is 5.92 Å². The molecule has 9 heteroatoms. The van der Waals surface area contributed by atoms with E-state index in [9.17, 15) is 18.8 Å². The van der Waals surface area contributed by atoms with Gasteiger partial charge in [0.25, 0.3) is 0 Å². The van der Waals surface area contributed by atoms with Crippen LogP contribution in [0.25, 0.3) is 0 Å². The van der Waals surface area contributed by atoms with Crippen molar-refractivity contribution in [2.75, 3.05) is 5.12 Å². The Bertz CT molecular complexity index is 1260. The van der Waals surface area contributed by atoms with E-state index in [0.717, 1.165) is 6.07 Å². The quantitative estimate of drug-likeness (QED) is 0.188. The Balaban J connectivity index is 1.82. The third kappa shape index (κ3) is 5.69. The van der Waals surface area contributed by atoms with Gasteiger partial charge < -0.3 is 9.47 Å². The van der Waals surface area contributed by atoms with Crippen LogP contribution >= 0.6 is 11.6 Å². The summed E-state index contributed by atoms with van der Waals surface area (Å²) in [4.78, 5) is 12.8. The molecule has 35 heavy (non-hydrogen) atoms. The van der Waals surface area contributed by atoms with Crippen molar-refractivity contribution in [3.05, 3.63) is 87.9 Å². The number of ether oxygens (including phenoxy) is 2. The molecule has 0 N–H and O–H groups in total. The summed E-state index contributed by atoms with van der Waals surface area (Å²) < 4.78 is 54.6. The lowest BCUT2D eigenvalue weighted by Crippen LogP contribution is -2.41. The summed E-state index contributed by atoms with van der Waals surface area (Å²) in [5.41, 5.74) is -0.503. The topological polar surface area (TPSA) is 62.6 Å². The molecule has 0 aromatic heterocycles. The van der Waals surface area contributed by atoms with Crippen molar-refractivity contribution in [3.63, 3.8) is 0 Å². The van der Waals surface area contributed by atoms with Crippen molar-refractivity contribution >= 4 is 23.3 Å². The van der Waals surface area contributed by atoms with E-state index >= 15 is 4.48 Å². The largest absolute Gasteiger partial charge is 0.459 e. The molecule has 0 saturated carbocycles. The van der Waals surface area contributed by atoms with Crippen LogP contribution in [0.4, 0.5) is 18.9 Å². The lowest BCUT2D eigenvalue weighted by molar-refractivity contribution is -0.148. The summed E-state index contributed by atoms with van der Waals surface area (Å²) in [5, 5.41) is 8.91. The number of carbonyl (C=O) groups is 1. The molecule has 0 saturated heterocycles. The molecule has 0 spiro atoms. The Labute approximate surface area is 206 Å². The number of carbonyl (C=O) groups excluding carboxylic acids is 1. The molecular formula is C26H22ClF3N2O3. The minimum absolute atomic E-state index is 0.0962. The van der Waals surface area contributed by atoms with Gasteiger partial charge in [-0.2, -0.15) is 10.4 Å². The molecule has 0 aliphatic heterocycles. The van der Waals surface area contributed by atoms with Gasteiger partial charge in [-0.3, -0.25) is 0 Å². The normalized spacial score (nSPS) is 11.6. The minimum atomic E-state index is -1.55. The first-order chi connectivity index (χ1) is 16.6. The fourth-order valence-electron chi connectivity index (χ4n) is 3.36. The van der Waals surface area contributed by atoms with Gasteiger partial charge in [-0.1, -0.05) is 60.3 Å². The van der Waals surface area contributed by atoms with Crippen LogP contribution in [-0.2, 0) is 16.1 Å². The number of nitriles is 1. The summed E-state index contributed by atoms with van der Waals surface area (Å²) in [5.74, 6) is -3.00. The van der Waals surface area contributed by atoms with Gasteiger partial charge in [0, 0.05) is 17.2 Å². The fraction of sp³-hybridized carbons (Fsp3) is 0.231. The molecule has 5 nitrogen and oxygen atoms in total. The number of anilines is 1. The molecule has 0 aliphatic rings. The molecule has 0 fully saturated rings. The number of esters is 1. The second-order valence-corrected chi connectivity index (χ2v) is 8.43. The van der Waals surface area contributed by atoms with Gasteiger partial charge in [0.2, 0.25) is 0 Å². The van der Waals surface area contributed by atoms with Crippen LogP contribution in [0.1, 0.15) is 30.5 Å². The molecule has 3 aromatic rings. The van der Waals surface area contributed by atoms with Crippen molar-refractivity contribution in [2.45, 2.75) is 33.4 Å². The zero-order chi connectivity index (χ0) is 25.7. The standard InChI is InChI=1S/C26H22ClF3N2O3/c1-15(2)25(32(30)21-12-20(28)16(3)24(29)23(21)27)26(33)34-14-17-8-7-11-22(19(17)13-31)35-18-9-5-4-6-10-18/h4-12,15,25H,14H2,1-3H3. The Morgan fingerprint density at radius 3 is 2.46 bits per heavy atom. The molecule has 0 heterocycles. The smallest absolute Gasteiger partial charge is 0.332 e. The van der Waals surface area contributed by atoms with Crippen LogP contribution < -0.4 is 9.86 Å². The molecule has 0 amide bonds. The maximum atomic E-state index is 15.3. The number of benzene rings is 3. The lowest BCUT2D eigenvalue weighted by atomic mass is 10.0. The SMILES string of the molecule is Cc1c(F)cc(N(F)C(C(=O)OCc2cccc(Oc3ccccc3)c2C#N)C(C)C)c(Cl)c1F. The second-order valence-electron chi connectivity index (χ2n) is 8.06. The Hall–Kier alpha value is -3.70. The molecule has 0 aliphatic carbocycles. The molecular weight excluding hydrogens is 481 g/mol. The van der Waals surface area contributed by atoms with Gasteiger partial charge in [-0.15, -0.1) is 0 Å². The number of nitrogens with zero attached hydrogens (tertiary/aromatic N) is 2. The van der Waals surface area contributed by atoms with E-state index in [-0.39, 0.29) is 28.6 Å². The van der Waals surface area contributed by atoms with Gasteiger partial charge >= 0.3 is 5.97 Å². The van der Waals surface area contributed by atoms with Crippen LogP contribution in [0.3, 0.4) is 0 Å². The van der Waals surface area contributed by atoms with E-state index in [2.05, 4.69) is 0 Å². The Kier molecular flexibility index (Phi) is 8.26. The van der Waals surface area contributed by atoms with E-state index in [0.29, 0.717) is 11.3 Å². The maximum Gasteiger partial charge on any atom is 0.332 e. The van der Waals surface area contributed by atoms with E-state index in [1.54, 1.807) is 56.3 Å². The third-order valence-electron chi connectivity index (χ3n) is 5.28. The van der Waals surface area contributed by atoms with Crippen LogP contribution in [0, 0.1) is 35.8 Å². The summed E-state index contributed by atoms with van der Waals surface area (Å²) in [6.07, 6.45) is 0. The van der Waals surface area contributed by atoms with E-state index < -0.39 is 40.3 Å². The monoisotopic (exact) mass is 502 g/mol. The van der Waals surface area contributed by atoms with Crippen LogP contribution in [0.5, 0.6) is 11.5 Å². The molecule has 3 aromatic carbocycles. The van der Waals surface area contributed by atoms with Gasteiger partial charge in [0.1, 0.15) is 46.4 Å². The highest BCUT2D eigenvalue weighted by atomic mass is 35.5. The zero-order valence-electron chi connectivity index (χ0n) is 19.2. The molecule has 0 radical (unpaired) electrons. The number of rotatable bonds is 8. The van der Waals surface area contributed by atoms with E-state index in [1.807, 2.05) is 12.1 Å². The van der Waals surface area contributed by atoms with E-state index in [1.165, 1.54) is 6.92 Å². The summed E-state index contributed by atoms with van der Waals surface area (Å²) in [7, 11) is 0. The average molecular weight is 503 g/mol. The summed E-state index contributed by atoms with van der Waals surface area (Å²) in [6, 6.07) is 14.8. The van der Waals surface area contributed by atoms with Gasteiger partial charge in [0.05, 0.1) is 5.69 Å². The highest BCUT2D eigenvalue weighted by Gasteiger charge is 2.34. The van der Waals surface area contributed by atoms with Crippen LogP contribution in [-0.4, -0.2) is 12.0 Å². The average Bonchev–Trinajstić information content (AvgIpc) is 2.84. The summed E-state index contributed by atoms with van der Waals surface area (Å²) in [6.45, 7) is 3.90. The second kappa shape index (κ2) is 11.2.